The second-order valence-corrected chi connectivity index (χ2v) is 2.61. The lowest BCUT2D eigenvalue weighted by Crippen LogP contribution is -2.02. The minimum Gasteiger partial charge on any atom is -0.480 e. The van der Waals surface area contributed by atoms with Gasteiger partial charge in [-0.2, -0.15) is 0 Å². The highest BCUT2D eigenvalue weighted by molar-refractivity contribution is 5.67. The van der Waals surface area contributed by atoms with Crippen molar-refractivity contribution in [3.63, 3.8) is 0 Å². The number of carboxylic acid groups (broad SMARTS) is 1. The fourth-order valence-electron chi connectivity index (χ4n) is 0.795. The van der Waals surface area contributed by atoms with Gasteiger partial charge in [0.15, 0.2) is 0 Å². The number of methoxy groups -OCH3 is 1. The number of aliphatic carboxylic acids is 1. The maximum Gasteiger partial charge on any atom is 0.329 e. The van der Waals surface area contributed by atoms with Gasteiger partial charge >= 0.3 is 5.97 Å². The van der Waals surface area contributed by atoms with E-state index in [1.807, 2.05) is 6.20 Å². The van der Waals surface area contributed by atoms with E-state index in [9.17, 15) is 4.79 Å². The summed E-state index contributed by atoms with van der Waals surface area (Å²) in [6.45, 7) is 1.93. The average Bonchev–Trinajstić information content (AvgIpc) is 2.58. The molecule has 0 radical (unpaired) electrons. The molecule has 0 unspecified atom stereocenters. The molecule has 0 aliphatic heterocycles. The number of aromatic nitrogens is 2. The van der Waals surface area contributed by atoms with Crippen molar-refractivity contribution < 1.29 is 14.6 Å². The fraction of sp³-hybridized carbons (Fsp3) is 0.556. The Kier molecular flexibility index (Phi) is 7.45. The zero-order valence-electron chi connectivity index (χ0n) is 8.49. The largest absolute Gasteiger partial charge is 0.480 e. The molecule has 0 atom stereocenters. The second-order valence-electron chi connectivity index (χ2n) is 2.61. The highest BCUT2D eigenvalue weighted by Crippen LogP contribution is 1.91. The van der Waals surface area contributed by atoms with Gasteiger partial charge in [0.25, 0.3) is 0 Å². The van der Waals surface area contributed by atoms with Crippen molar-refractivity contribution in [2.75, 3.05) is 13.7 Å². The van der Waals surface area contributed by atoms with Crippen molar-refractivity contribution in [2.45, 2.75) is 19.8 Å². The van der Waals surface area contributed by atoms with Crippen LogP contribution in [-0.4, -0.2) is 34.8 Å². The third kappa shape index (κ3) is 7.30. The molecule has 0 spiro atoms. The van der Waals surface area contributed by atoms with Crippen LogP contribution in [0.3, 0.4) is 0 Å². The maximum absolute atomic E-state index is 9.47. The summed E-state index contributed by atoms with van der Waals surface area (Å²) in [6, 6.07) is 0. The summed E-state index contributed by atoms with van der Waals surface area (Å²) in [6.07, 6.45) is 5.86. The summed E-state index contributed by atoms with van der Waals surface area (Å²) in [5.74, 6) is 0.157. The molecule has 0 aliphatic carbocycles. The molecule has 0 saturated heterocycles. The van der Waals surface area contributed by atoms with Gasteiger partial charge in [0.1, 0.15) is 12.4 Å². The SMILES string of the molecule is CCCc1ncc[nH]1.COCC(=O)O. The van der Waals surface area contributed by atoms with Crippen molar-refractivity contribution in [2.24, 2.45) is 0 Å². The molecular weight excluding hydrogens is 184 g/mol. The molecule has 0 amide bonds. The van der Waals surface area contributed by atoms with Gasteiger partial charge in [0.2, 0.25) is 0 Å². The third-order valence-electron chi connectivity index (χ3n) is 1.31. The first kappa shape index (κ1) is 12.6. The monoisotopic (exact) mass is 200 g/mol. The molecular formula is C9H16N2O3. The molecule has 1 aromatic rings. The van der Waals surface area contributed by atoms with Gasteiger partial charge in [-0.05, 0) is 6.42 Å². The van der Waals surface area contributed by atoms with Gasteiger partial charge in [-0.25, -0.2) is 9.78 Å². The van der Waals surface area contributed by atoms with Gasteiger partial charge in [0, 0.05) is 25.9 Å². The maximum atomic E-state index is 9.47. The molecule has 5 heteroatoms. The Morgan fingerprint density at radius 1 is 1.71 bits per heavy atom. The highest BCUT2D eigenvalue weighted by Gasteiger charge is 1.88. The van der Waals surface area contributed by atoms with Gasteiger partial charge in [-0.1, -0.05) is 6.92 Å². The van der Waals surface area contributed by atoms with Crippen molar-refractivity contribution in [1.29, 1.82) is 0 Å². The van der Waals surface area contributed by atoms with Gasteiger partial charge in [0.05, 0.1) is 0 Å². The van der Waals surface area contributed by atoms with Crippen molar-refractivity contribution in [1.82, 2.24) is 9.97 Å². The minimum atomic E-state index is -0.933. The van der Waals surface area contributed by atoms with Crippen LogP contribution in [0.15, 0.2) is 12.4 Å². The van der Waals surface area contributed by atoms with Crippen LogP contribution in [0, 0.1) is 0 Å². The van der Waals surface area contributed by atoms with E-state index in [-0.39, 0.29) is 6.61 Å². The Morgan fingerprint density at radius 2 is 2.43 bits per heavy atom. The van der Waals surface area contributed by atoms with Crippen LogP contribution in [0.5, 0.6) is 0 Å². The van der Waals surface area contributed by atoms with Crippen LogP contribution < -0.4 is 0 Å². The number of nitrogens with one attached hydrogen (secondary N) is 1. The third-order valence-corrected chi connectivity index (χ3v) is 1.31. The molecule has 1 rings (SSSR count). The molecule has 14 heavy (non-hydrogen) atoms. The number of ether oxygens (including phenoxy) is 1. The van der Waals surface area contributed by atoms with E-state index in [1.165, 1.54) is 7.11 Å². The number of carbonyl (C=O) groups is 1. The van der Waals surface area contributed by atoms with E-state index in [4.69, 9.17) is 5.11 Å². The number of aryl methyl sites for hydroxylation is 1. The predicted octanol–water partition coefficient (Wildman–Crippen LogP) is 1.08. The first-order valence-corrected chi connectivity index (χ1v) is 4.39. The van der Waals surface area contributed by atoms with E-state index in [0.717, 1.165) is 18.7 Å². The Labute approximate surface area is 83.1 Å². The van der Waals surface area contributed by atoms with Gasteiger partial charge < -0.3 is 14.8 Å². The summed E-state index contributed by atoms with van der Waals surface area (Å²) in [5, 5.41) is 7.79. The van der Waals surface area contributed by atoms with Crippen LogP contribution >= 0.6 is 0 Å². The molecule has 5 nitrogen and oxygen atoms in total. The number of aromatic amines is 1. The second kappa shape index (κ2) is 8.25. The van der Waals surface area contributed by atoms with Crippen LogP contribution in [0.4, 0.5) is 0 Å². The summed E-state index contributed by atoms with van der Waals surface area (Å²) in [4.78, 5) is 16.6. The summed E-state index contributed by atoms with van der Waals surface area (Å²) >= 11 is 0. The number of rotatable bonds is 4. The molecule has 80 valence electrons. The number of carboxylic acids is 1. The molecule has 2 N–H and O–H groups in total. The summed E-state index contributed by atoms with van der Waals surface area (Å²) < 4.78 is 4.20. The van der Waals surface area contributed by atoms with Gasteiger partial charge in [-0.3, -0.25) is 0 Å². The first-order chi connectivity index (χ1) is 6.70. The number of hydrogen-bond donors (Lipinski definition) is 2. The van der Waals surface area contributed by atoms with E-state index < -0.39 is 5.97 Å². The lowest BCUT2D eigenvalue weighted by Gasteiger charge is -1.85. The Balaban J connectivity index is 0.000000255. The zero-order chi connectivity index (χ0) is 10.8. The van der Waals surface area contributed by atoms with Crippen molar-refractivity contribution >= 4 is 5.97 Å². The zero-order valence-corrected chi connectivity index (χ0v) is 8.49. The Morgan fingerprint density at radius 3 is 2.71 bits per heavy atom. The van der Waals surface area contributed by atoms with E-state index >= 15 is 0 Å². The number of nitrogens with zero attached hydrogens (tertiary/aromatic N) is 1. The normalized spacial score (nSPS) is 9.00. The first-order valence-electron chi connectivity index (χ1n) is 4.39. The van der Waals surface area contributed by atoms with Crippen LogP contribution in [0.2, 0.25) is 0 Å². The van der Waals surface area contributed by atoms with E-state index in [2.05, 4.69) is 21.6 Å². The topological polar surface area (TPSA) is 75.2 Å². The fourth-order valence-corrected chi connectivity index (χ4v) is 0.795. The predicted molar refractivity (Wildman–Crippen MR) is 52.1 cm³/mol. The number of hydrogen-bond acceptors (Lipinski definition) is 3. The average molecular weight is 200 g/mol. The smallest absolute Gasteiger partial charge is 0.329 e. The summed E-state index contributed by atoms with van der Waals surface area (Å²) in [7, 11) is 1.34. The van der Waals surface area contributed by atoms with E-state index in [0.29, 0.717) is 0 Å². The molecule has 1 heterocycles. The minimum absolute atomic E-state index is 0.208. The number of H-pyrrole nitrogens is 1. The highest BCUT2D eigenvalue weighted by atomic mass is 16.5. The lowest BCUT2D eigenvalue weighted by atomic mass is 10.3. The summed E-state index contributed by atoms with van der Waals surface area (Å²) in [5.41, 5.74) is 0. The number of imidazole rings is 1. The molecule has 0 aliphatic rings. The molecule has 1 aromatic heterocycles. The quantitative estimate of drug-likeness (QED) is 0.762. The lowest BCUT2D eigenvalue weighted by molar-refractivity contribution is -0.141. The molecule has 0 bridgehead atoms. The Hall–Kier alpha value is -1.36. The molecule has 0 aromatic carbocycles. The van der Waals surface area contributed by atoms with Crippen LogP contribution in [0.25, 0.3) is 0 Å². The van der Waals surface area contributed by atoms with E-state index in [1.54, 1.807) is 6.20 Å². The molecule has 0 fully saturated rings. The molecule has 0 saturated carbocycles. The van der Waals surface area contributed by atoms with Crippen molar-refractivity contribution in [3.8, 4) is 0 Å². The standard InChI is InChI=1S/C6H10N2.C3H6O3/c1-2-3-6-7-4-5-8-6;1-6-2-3(4)5/h4-5H,2-3H2,1H3,(H,7,8);2H2,1H3,(H,4,5). The Bertz CT molecular complexity index is 234. The van der Waals surface area contributed by atoms with Crippen LogP contribution in [-0.2, 0) is 16.0 Å². The van der Waals surface area contributed by atoms with Gasteiger partial charge in [-0.15, -0.1) is 0 Å². The van der Waals surface area contributed by atoms with Crippen LogP contribution in [0.1, 0.15) is 19.2 Å². The van der Waals surface area contributed by atoms with Crippen molar-refractivity contribution in [3.05, 3.63) is 18.2 Å².